The van der Waals surface area contributed by atoms with Gasteiger partial charge in [-0.25, -0.2) is 0 Å². The molecule has 0 aliphatic heterocycles. The van der Waals surface area contributed by atoms with Crippen LogP contribution in [0.3, 0.4) is 0 Å². The molecule has 92 valence electrons. The fourth-order valence-electron chi connectivity index (χ4n) is 1.64. The van der Waals surface area contributed by atoms with Crippen LogP contribution in [0, 0.1) is 0 Å². The third kappa shape index (κ3) is 2.82. The monoisotopic (exact) mass is 242 g/mol. The third-order valence-electron chi connectivity index (χ3n) is 2.60. The summed E-state index contributed by atoms with van der Waals surface area (Å²) in [5.41, 5.74) is 7.36. The molecule has 0 bridgehead atoms. The van der Waals surface area contributed by atoms with Gasteiger partial charge in [0, 0.05) is 30.3 Å². The number of pyridine rings is 2. The molecule has 1 atom stereocenters. The van der Waals surface area contributed by atoms with Crippen LogP contribution in [0.1, 0.15) is 29.0 Å². The van der Waals surface area contributed by atoms with Gasteiger partial charge in [-0.2, -0.15) is 0 Å². The van der Waals surface area contributed by atoms with Crippen molar-refractivity contribution in [1.29, 1.82) is 0 Å². The Morgan fingerprint density at radius 2 is 2.00 bits per heavy atom. The van der Waals surface area contributed by atoms with Crippen molar-refractivity contribution in [1.82, 2.24) is 9.97 Å². The molecule has 0 aliphatic carbocycles. The fourth-order valence-corrected chi connectivity index (χ4v) is 1.64. The Labute approximate surface area is 105 Å². The van der Waals surface area contributed by atoms with Crippen LogP contribution in [0.2, 0.25) is 0 Å². The van der Waals surface area contributed by atoms with Crippen LogP contribution in [0.4, 0.5) is 5.69 Å². The number of nitrogens with two attached hydrogens (primary N) is 1. The van der Waals surface area contributed by atoms with Gasteiger partial charge in [0.2, 0.25) is 0 Å². The number of amides is 1. The van der Waals surface area contributed by atoms with Crippen molar-refractivity contribution in [2.45, 2.75) is 13.0 Å². The SMILES string of the molecule is CC(Nc1ccnc(C(N)=O)c1)c1ccncc1. The van der Waals surface area contributed by atoms with Crippen molar-refractivity contribution in [3.05, 3.63) is 54.1 Å². The molecule has 2 heterocycles. The fraction of sp³-hybridized carbons (Fsp3) is 0.154. The van der Waals surface area contributed by atoms with Crippen LogP contribution in [0.5, 0.6) is 0 Å². The Hall–Kier alpha value is -2.43. The standard InChI is InChI=1S/C13H14N4O/c1-9(10-2-5-15-6-3-10)17-11-4-7-16-12(8-11)13(14)18/h2-9H,1H3,(H2,14,18)(H,16,17). The molecule has 0 aliphatic rings. The molecule has 2 aromatic rings. The molecule has 1 unspecified atom stereocenters. The zero-order valence-electron chi connectivity index (χ0n) is 10.00. The lowest BCUT2D eigenvalue weighted by atomic mass is 10.1. The lowest BCUT2D eigenvalue weighted by molar-refractivity contribution is 0.0995. The van der Waals surface area contributed by atoms with E-state index in [2.05, 4.69) is 15.3 Å². The number of carbonyl (C=O) groups is 1. The number of hydrogen-bond donors (Lipinski definition) is 2. The maximum Gasteiger partial charge on any atom is 0.267 e. The topological polar surface area (TPSA) is 80.9 Å². The van der Waals surface area contributed by atoms with Gasteiger partial charge in [0.15, 0.2) is 0 Å². The van der Waals surface area contributed by atoms with E-state index >= 15 is 0 Å². The number of primary amides is 1. The Kier molecular flexibility index (Phi) is 3.52. The maximum absolute atomic E-state index is 11.0. The minimum atomic E-state index is -0.532. The van der Waals surface area contributed by atoms with Crippen LogP contribution in [0.15, 0.2) is 42.9 Å². The summed E-state index contributed by atoms with van der Waals surface area (Å²) in [6, 6.07) is 7.42. The van der Waals surface area contributed by atoms with Crippen molar-refractivity contribution in [3.63, 3.8) is 0 Å². The second kappa shape index (κ2) is 5.27. The molecular weight excluding hydrogens is 228 g/mol. The second-order valence-corrected chi connectivity index (χ2v) is 3.94. The first-order valence-electron chi connectivity index (χ1n) is 5.59. The van der Waals surface area contributed by atoms with E-state index in [1.54, 1.807) is 30.7 Å². The number of carbonyl (C=O) groups excluding carboxylic acids is 1. The first-order valence-corrected chi connectivity index (χ1v) is 5.59. The average Bonchev–Trinajstić information content (AvgIpc) is 2.40. The minimum absolute atomic E-state index is 0.108. The van der Waals surface area contributed by atoms with Crippen molar-refractivity contribution in [2.24, 2.45) is 5.73 Å². The average molecular weight is 242 g/mol. The van der Waals surface area contributed by atoms with Gasteiger partial charge in [-0.3, -0.25) is 14.8 Å². The van der Waals surface area contributed by atoms with E-state index in [4.69, 9.17) is 5.73 Å². The molecule has 0 spiro atoms. The van der Waals surface area contributed by atoms with E-state index in [-0.39, 0.29) is 11.7 Å². The van der Waals surface area contributed by atoms with Gasteiger partial charge in [0.1, 0.15) is 5.69 Å². The second-order valence-electron chi connectivity index (χ2n) is 3.94. The molecular formula is C13H14N4O. The number of anilines is 1. The lowest BCUT2D eigenvalue weighted by Gasteiger charge is -2.15. The highest BCUT2D eigenvalue weighted by atomic mass is 16.1. The third-order valence-corrected chi connectivity index (χ3v) is 2.60. The summed E-state index contributed by atoms with van der Waals surface area (Å²) < 4.78 is 0. The molecule has 0 saturated heterocycles. The predicted octanol–water partition coefficient (Wildman–Crippen LogP) is 1.75. The first-order chi connectivity index (χ1) is 8.66. The molecule has 2 rings (SSSR count). The molecule has 0 fully saturated rings. The normalized spacial score (nSPS) is 11.8. The molecule has 18 heavy (non-hydrogen) atoms. The van der Waals surface area contributed by atoms with Gasteiger partial charge in [-0.05, 0) is 36.8 Å². The zero-order chi connectivity index (χ0) is 13.0. The first kappa shape index (κ1) is 12.0. The number of nitrogens with zero attached hydrogens (tertiary/aromatic N) is 2. The molecule has 1 amide bonds. The summed E-state index contributed by atoms with van der Waals surface area (Å²) in [5, 5.41) is 3.28. The van der Waals surface area contributed by atoms with Gasteiger partial charge in [-0.15, -0.1) is 0 Å². The van der Waals surface area contributed by atoms with E-state index in [9.17, 15) is 4.79 Å². The van der Waals surface area contributed by atoms with Crippen molar-refractivity contribution < 1.29 is 4.79 Å². The van der Waals surface area contributed by atoms with E-state index in [1.165, 1.54) is 0 Å². The smallest absolute Gasteiger partial charge is 0.267 e. The van der Waals surface area contributed by atoms with E-state index in [0.29, 0.717) is 0 Å². The highest BCUT2D eigenvalue weighted by molar-refractivity contribution is 5.91. The highest BCUT2D eigenvalue weighted by Gasteiger charge is 2.07. The number of hydrogen-bond acceptors (Lipinski definition) is 4. The highest BCUT2D eigenvalue weighted by Crippen LogP contribution is 2.18. The van der Waals surface area contributed by atoms with E-state index < -0.39 is 5.91 Å². The molecule has 3 N–H and O–H groups in total. The predicted molar refractivity (Wildman–Crippen MR) is 69.0 cm³/mol. The van der Waals surface area contributed by atoms with Crippen molar-refractivity contribution in [3.8, 4) is 0 Å². The number of rotatable bonds is 4. The van der Waals surface area contributed by atoms with Crippen LogP contribution in [-0.4, -0.2) is 15.9 Å². The number of nitrogens with one attached hydrogen (secondary N) is 1. The molecule has 0 radical (unpaired) electrons. The van der Waals surface area contributed by atoms with Gasteiger partial charge < -0.3 is 11.1 Å². The zero-order valence-corrected chi connectivity index (χ0v) is 10.00. The van der Waals surface area contributed by atoms with Crippen molar-refractivity contribution >= 4 is 11.6 Å². The summed E-state index contributed by atoms with van der Waals surface area (Å²) >= 11 is 0. The molecule has 5 heteroatoms. The molecule has 5 nitrogen and oxygen atoms in total. The van der Waals surface area contributed by atoms with Gasteiger partial charge in [0.05, 0.1) is 0 Å². The summed E-state index contributed by atoms with van der Waals surface area (Å²) in [6.07, 6.45) is 5.05. The van der Waals surface area contributed by atoms with Gasteiger partial charge in [0.25, 0.3) is 5.91 Å². The summed E-state index contributed by atoms with van der Waals surface area (Å²) in [7, 11) is 0. The summed E-state index contributed by atoms with van der Waals surface area (Å²) in [4.78, 5) is 18.9. The Morgan fingerprint density at radius 3 is 2.67 bits per heavy atom. The molecule has 0 aromatic carbocycles. The van der Waals surface area contributed by atoms with Crippen molar-refractivity contribution in [2.75, 3.05) is 5.32 Å². The van der Waals surface area contributed by atoms with Crippen LogP contribution < -0.4 is 11.1 Å². The number of aromatic nitrogens is 2. The minimum Gasteiger partial charge on any atom is -0.378 e. The Balaban J connectivity index is 2.14. The lowest BCUT2D eigenvalue weighted by Crippen LogP contribution is -2.14. The van der Waals surface area contributed by atoms with Crippen LogP contribution in [0.25, 0.3) is 0 Å². The van der Waals surface area contributed by atoms with Crippen LogP contribution >= 0.6 is 0 Å². The molecule has 2 aromatic heterocycles. The Morgan fingerprint density at radius 1 is 1.28 bits per heavy atom. The van der Waals surface area contributed by atoms with Gasteiger partial charge in [-0.1, -0.05) is 0 Å². The maximum atomic E-state index is 11.0. The van der Waals surface area contributed by atoms with E-state index in [1.807, 2.05) is 19.1 Å². The molecule has 0 saturated carbocycles. The Bertz CT molecular complexity index is 542. The van der Waals surface area contributed by atoms with Gasteiger partial charge >= 0.3 is 0 Å². The largest absolute Gasteiger partial charge is 0.378 e. The van der Waals surface area contributed by atoms with E-state index in [0.717, 1.165) is 11.3 Å². The summed E-state index contributed by atoms with van der Waals surface area (Å²) in [6.45, 7) is 2.03. The quantitative estimate of drug-likeness (QED) is 0.855. The summed E-state index contributed by atoms with van der Waals surface area (Å²) in [5.74, 6) is -0.532. The van der Waals surface area contributed by atoms with Crippen LogP contribution in [-0.2, 0) is 0 Å².